The molecule has 2 aromatic rings. The van der Waals surface area contributed by atoms with Crippen LogP contribution in [0.2, 0.25) is 0 Å². The number of amides is 1. The molecule has 1 atom stereocenters. The fourth-order valence-electron chi connectivity index (χ4n) is 2.44. The molecule has 0 radical (unpaired) electrons. The smallest absolute Gasteiger partial charge is 0.406 e. The third kappa shape index (κ3) is 7.37. The van der Waals surface area contributed by atoms with E-state index in [2.05, 4.69) is 32.5 Å². The molecular formula is C17H22F3N5O2S. The average Bonchev–Trinajstić information content (AvgIpc) is 3.08. The summed E-state index contributed by atoms with van der Waals surface area (Å²) in [6, 6.07) is 5.24. The van der Waals surface area contributed by atoms with Crippen molar-refractivity contribution in [2.75, 3.05) is 5.75 Å². The van der Waals surface area contributed by atoms with Gasteiger partial charge in [-0.25, -0.2) is 0 Å². The van der Waals surface area contributed by atoms with E-state index in [1.165, 1.54) is 28.9 Å². The lowest BCUT2D eigenvalue weighted by atomic mass is 10.1. The first kappa shape index (κ1) is 22.0. The third-order valence-electron chi connectivity index (χ3n) is 3.74. The van der Waals surface area contributed by atoms with E-state index in [9.17, 15) is 18.0 Å². The van der Waals surface area contributed by atoms with Crippen LogP contribution >= 0.6 is 11.8 Å². The highest BCUT2D eigenvalue weighted by atomic mass is 32.2. The van der Waals surface area contributed by atoms with Gasteiger partial charge in [-0.15, -0.1) is 18.3 Å². The van der Waals surface area contributed by atoms with Crippen LogP contribution in [0.15, 0.2) is 29.4 Å². The van der Waals surface area contributed by atoms with Crippen LogP contribution in [-0.4, -0.2) is 44.3 Å². The summed E-state index contributed by atoms with van der Waals surface area (Å²) in [5, 5.41) is 14.5. The quantitative estimate of drug-likeness (QED) is 0.469. The van der Waals surface area contributed by atoms with E-state index in [1.807, 2.05) is 6.92 Å². The second kappa shape index (κ2) is 10.3. The van der Waals surface area contributed by atoms with E-state index in [0.717, 1.165) is 37.4 Å². The van der Waals surface area contributed by atoms with Crippen molar-refractivity contribution in [3.63, 3.8) is 0 Å². The number of rotatable bonds is 10. The van der Waals surface area contributed by atoms with Gasteiger partial charge in [-0.2, -0.15) is 4.68 Å². The van der Waals surface area contributed by atoms with Crippen LogP contribution in [0.3, 0.4) is 0 Å². The highest BCUT2D eigenvalue weighted by Crippen LogP contribution is 2.25. The first-order chi connectivity index (χ1) is 13.3. The summed E-state index contributed by atoms with van der Waals surface area (Å²) in [6.45, 7) is 4.09. The number of unbranched alkanes of at least 4 members (excludes halogenated alkanes) is 2. The Labute approximate surface area is 165 Å². The molecule has 1 amide bonds. The van der Waals surface area contributed by atoms with Gasteiger partial charge in [0.2, 0.25) is 11.1 Å². The lowest BCUT2D eigenvalue weighted by Gasteiger charge is -2.13. The van der Waals surface area contributed by atoms with Gasteiger partial charge in [-0.1, -0.05) is 37.9 Å². The van der Waals surface area contributed by atoms with Crippen molar-refractivity contribution < 1.29 is 22.7 Å². The van der Waals surface area contributed by atoms with Crippen molar-refractivity contribution in [1.29, 1.82) is 0 Å². The summed E-state index contributed by atoms with van der Waals surface area (Å²) >= 11 is 1.14. The lowest BCUT2D eigenvalue weighted by Crippen LogP contribution is -2.33. The number of ether oxygens (including phenoxy) is 1. The number of carbonyl (C=O) groups excluding carboxylic acids is 1. The van der Waals surface area contributed by atoms with Crippen LogP contribution in [-0.2, 0) is 4.79 Å². The maximum absolute atomic E-state index is 12.2. The summed E-state index contributed by atoms with van der Waals surface area (Å²) in [5.41, 5.74) is 0.454. The summed E-state index contributed by atoms with van der Waals surface area (Å²) in [5.74, 6) is -0.333. The molecule has 0 spiro atoms. The van der Waals surface area contributed by atoms with Crippen molar-refractivity contribution in [2.24, 2.45) is 0 Å². The zero-order valence-corrected chi connectivity index (χ0v) is 16.4. The highest BCUT2D eigenvalue weighted by Gasteiger charge is 2.31. The van der Waals surface area contributed by atoms with Gasteiger partial charge in [0.25, 0.3) is 0 Å². The molecule has 11 heteroatoms. The second-order valence-corrected chi connectivity index (χ2v) is 7.11. The Morgan fingerprint density at radius 2 is 2.00 bits per heavy atom. The maximum Gasteiger partial charge on any atom is 0.573 e. The number of hydrogen-bond donors (Lipinski definition) is 1. The molecule has 1 N–H and O–H groups in total. The summed E-state index contributed by atoms with van der Waals surface area (Å²) < 4.78 is 41.9. The van der Waals surface area contributed by atoms with Gasteiger partial charge in [0, 0.05) is 6.04 Å². The molecule has 0 saturated carbocycles. The summed E-state index contributed by atoms with van der Waals surface area (Å²) in [4.78, 5) is 12.1. The van der Waals surface area contributed by atoms with E-state index in [0.29, 0.717) is 10.8 Å². The van der Waals surface area contributed by atoms with Crippen molar-refractivity contribution in [1.82, 2.24) is 25.5 Å². The summed E-state index contributed by atoms with van der Waals surface area (Å²) in [6.07, 6.45) is -0.497. The van der Waals surface area contributed by atoms with E-state index in [4.69, 9.17) is 0 Å². The van der Waals surface area contributed by atoms with Crippen molar-refractivity contribution in [2.45, 2.75) is 57.1 Å². The number of thioether (sulfide) groups is 1. The van der Waals surface area contributed by atoms with Gasteiger partial charge in [-0.05, 0) is 48.0 Å². The Hall–Kier alpha value is -2.30. The average molecular weight is 417 g/mol. The third-order valence-corrected chi connectivity index (χ3v) is 4.66. The molecule has 2 rings (SSSR count). The molecule has 1 aromatic carbocycles. The first-order valence-corrected chi connectivity index (χ1v) is 9.83. The minimum absolute atomic E-state index is 0.0943. The SMILES string of the molecule is CCCCC[C@@H](C)NC(=O)CSc1nnnn1-c1ccc(OC(F)(F)F)cc1. The predicted molar refractivity (Wildman–Crippen MR) is 98.3 cm³/mol. The Morgan fingerprint density at radius 3 is 2.64 bits per heavy atom. The summed E-state index contributed by atoms with van der Waals surface area (Å²) in [7, 11) is 0. The highest BCUT2D eigenvalue weighted by molar-refractivity contribution is 7.99. The molecule has 0 bridgehead atoms. The molecule has 0 fully saturated rings. The number of alkyl halides is 3. The van der Waals surface area contributed by atoms with Gasteiger partial charge >= 0.3 is 6.36 Å². The van der Waals surface area contributed by atoms with E-state index in [-0.39, 0.29) is 23.5 Å². The minimum atomic E-state index is -4.75. The predicted octanol–water partition coefficient (Wildman–Crippen LogP) is 3.74. The number of halogens is 3. The number of tetrazole rings is 1. The van der Waals surface area contributed by atoms with Crippen LogP contribution in [0.1, 0.15) is 39.5 Å². The van der Waals surface area contributed by atoms with Gasteiger partial charge in [-0.3, -0.25) is 4.79 Å². The fraction of sp³-hybridized carbons (Fsp3) is 0.529. The standard InChI is InChI=1S/C17H22F3N5O2S/c1-3-4-5-6-12(2)21-15(26)11-28-16-22-23-24-25(16)13-7-9-14(10-8-13)27-17(18,19)20/h7-10,12H,3-6,11H2,1-2H3,(H,21,26)/t12-/m1/s1. The molecule has 0 saturated heterocycles. The number of benzene rings is 1. The Kier molecular flexibility index (Phi) is 8.09. The van der Waals surface area contributed by atoms with Crippen molar-refractivity contribution in [3.05, 3.63) is 24.3 Å². The van der Waals surface area contributed by atoms with E-state index in [1.54, 1.807) is 0 Å². The van der Waals surface area contributed by atoms with Crippen LogP contribution in [0, 0.1) is 0 Å². The molecule has 7 nitrogen and oxygen atoms in total. The Bertz CT molecular complexity index is 752. The Morgan fingerprint density at radius 1 is 1.29 bits per heavy atom. The molecule has 1 aromatic heterocycles. The minimum Gasteiger partial charge on any atom is -0.406 e. The number of carbonyl (C=O) groups is 1. The van der Waals surface area contributed by atoms with Crippen LogP contribution in [0.4, 0.5) is 13.2 Å². The zero-order valence-electron chi connectivity index (χ0n) is 15.6. The van der Waals surface area contributed by atoms with E-state index >= 15 is 0 Å². The van der Waals surface area contributed by atoms with Crippen LogP contribution in [0.25, 0.3) is 5.69 Å². The molecule has 0 aliphatic carbocycles. The normalized spacial score (nSPS) is 12.6. The second-order valence-electron chi connectivity index (χ2n) is 6.17. The number of aromatic nitrogens is 4. The molecule has 0 aliphatic heterocycles. The van der Waals surface area contributed by atoms with Gasteiger partial charge in [0.05, 0.1) is 11.4 Å². The monoisotopic (exact) mass is 417 g/mol. The fourth-order valence-corrected chi connectivity index (χ4v) is 3.14. The number of nitrogens with zero attached hydrogens (tertiary/aromatic N) is 4. The molecule has 28 heavy (non-hydrogen) atoms. The number of nitrogens with one attached hydrogen (secondary N) is 1. The molecular weight excluding hydrogens is 395 g/mol. The van der Waals surface area contributed by atoms with Crippen LogP contribution in [0.5, 0.6) is 5.75 Å². The first-order valence-electron chi connectivity index (χ1n) is 8.85. The van der Waals surface area contributed by atoms with Gasteiger partial charge in [0.1, 0.15) is 5.75 Å². The molecule has 154 valence electrons. The number of hydrogen-bond acceptors (Lipinski definition) is 6. The van der Waals surface area contributed by atoms with E-state index < -0.39 is 6.36 Å². The van der Waals surface area contributed by atoms with Gasteiger partial charge < -0.3 is 10.1 Å². The zero-order chi connectivity index (χ0) is 20.6. The van der Waals surface area contributed by atoms with Crippen LogP contribution < -0.4 is 10.1 Å². The van der Waals surface area contributed by atoms with Crippen molar-refractivity contribution >= 4 is 17.7 Å². The molecule has 0 aliphatic rings. The Balaban J connectivity index is 1.90. The topological polar surface area (TPSA) is 81.9 Å². The van der Waals surface area contributed by atoms with Gasteiger partial charge in [0.15, 0.2) is 0 Å². The lowest BCUT2D eigenvalue weighted by molar-refractivity contribution is -0.274. The molecule has 0 unspecified atom stereocenters. The van der Waals surface area contributed by atoms with Crippen molar-refractivity contribution in [3.8, 4) is 11.4 Å². The largest absolute Gasteiger partial charge is 0.573 e. The maximum atomic E-state index is 12.2. The molecule has 1 heterocycles.